The molecule has 0 saturated heterocycles. The van der Waals surface area contributed by atoms with Gasteiger partial charge < -0.3 is 4.74 Å². The van der Waals surface area contributed by atoms with Gasteiger partial charge in [-0.1, -0.05) is 6.07 Å². The van der Waals surface area contributed by atoms with Crippen LogP contribution >= 0.6 is 0 Å². The number of hydrogen-bond acceptors (Lipinski definition) is 2. The van der Waals surface area contributed by atoms with Gasteiger partial charge >= 0.3 is 5.97 Å². The van der Waals surface area contributed by atoms with Crippen LogP contribution in [0.25, 0.3) is 0 Å². The Balaban J connectivity index is 2.75. The first-order chi connectivity index (χ1) is 5.74. The summed E-state index contributed by atoms with van der Waals surface area (Å²) < 4.78 is 6.46. The molecule has 3 heteroatoms. The number of pyridine rings is 1. The molecule has 0 saturated carbocycles. The van der Waals surface area contributed by atoms with Gasteiger partial charge in [0.25, 0.3) is 0 Å². The van der Waals surface area contributed by atoms with E-state index in [4.69, 9.17) is 0 Å². The fourth-order valence-electron chi connectivity index (χ4n) is 0.962. The van der Waals surface area contributed by atoms with E-state index in [1.54, 1.807) is 0 Å². The Morgan fingerprint density at radius 3 is 2.92 bits per heavy atom. The molecule has 1 aromatic heterocycles. The number of aryl methyl sites for hydroxylation is 1. The lowest BCUT2D eigenvalue weighted by Crippen LogP contribution is -2.34. The fraction of sp³-hybridized carbons (Fsp3) is 0.333. The fourth-order valence-corrected chi connectivity index (χ4v) is 0.962. The number of esters is 1. The molecule has 12 heavy (non-hydrogen) atoms. The Kier molecular flexibility index (Phi) is 2.80. The molecule has 3 nitrogen and oxygen atoms in total. The second-order valence-corrected chi connectivity index (χ2v) is 2.56. The summed E-state index contributed by atoms with van der Waals surface area (Å²) in [6.07, 6.45) is 2.23. The van der Waals surface area contributed by atoms with Gasteiger partial charge in [0.05, 0.1) is 7.11 Å². The molecule has 64 valence electrons. The Bertz CT molecular complexity index is 284. The highest BCUT2D eigenvalue weighted by atomic mass is 16.5. The second-order valence-electron chi connectivity index (χ2n) is 2.56. The smallest absolute Gasteiger partial charge is 0.316 e. The zero-order valence-electron chi connectivity index (χ0n) is 7.28. The van der Waals surface area contributed by atoms with Gasteiger partial charge in [-0.15, -0.1) is 0 Å². The minimum Gasteiger partial charge on any atom is -0.469 e. The van der Waals surface area contributed by atoms with Gasteiger partial charge in [0, 0.05) is 12.1 Å². The van der Waals surface area contributed by atoms with Crippen molar-refractivity contribution < 1.29 is 14.1 Å². The molecule has 0 bridgehead atoms. The molecular formula is C9H12NO2+. The van der Waals surface area contributed by atoms with Crippen LogP contribution < -0.4 is 4.57 Å². The molecule has 0 aliphatic carbocycles. The van der Waals surface area contributed by atoms with Crippen LogP contribution in [0.5, 0.6) is 0 Å². The van der Waals surface area contributed by atoms with Crippen molar-refractivity contribution in [1.82, 2.24) is 0 Å². The lowest BCUT2D eigenvalue weighted by atomic mass is 10.2. The van der Waals surface area contributed by atoms with Crippen molar-refractivity contribution in [1.29, 1.82) is 0 Å². The topological polar surface area (TPSA) is 30.2 Å². The van der Waals surface area contributed by atoms with Crippen LogP contribution in [0, 0.1) is 0 Å². The third-order valence-corrected chi connectivity index (χ3v) is 1.72. The molecule has 0 aromatic carbocycles. The summed E-state index contributed by atoms with van der Waals surface area (Å²) in [4.78, 5) is 10.9. The third-order valence-electron chi connectivity index (χ3n) is 1.72. The molecule has 0 aliphatic rings. The number of nitrogens with zero attached hydrogens (tertiary/aromatic N) is 1. The molecule has 0 N–H and O–H groups in total. The minimum absolute atomic E-state index is 0.211. The number of aromatic nitrogens is 1. The van der Waals surface area contributed by atoms with Gasteiger partial charge in [-0.2, -0.15) is 0 Å². The van der Waals surface area contributed by atoms with Gasteiger partial charge in [0.1, 0.15) is 13.5 Å². The Labute approximate surface area is 71.6 Å². The maximum Gasteiger partial charge on any atom is 0.316 e. The van der Waals surface area contributed by atoms with E-state index in [0.29, 0.717) is 6.42 Å². The van der Waals surface area contributed by atoms with E-state index in [1.807, 2.05) is 36.0 Å². The van der Waals surface area contributed by atoms with Crippen LogP contribution in [0.15, 0.2) is 24.4 Å². The monoisotopic (exact) mass is 166 g/mol. The van der Waals surface area contributed by atoms with Gasteiger partial charge in [0.15, 0.2) is 11.9 Å². The summed E-state index contributed by atoms with van der Waals surface area (Å²) >= 11 is 0. The predicted molar refractivity (Wildman–Crippen MR) is 43.3 cm³/mol. The van der Waals surface area contributed by atoms with Crippen molar-refractivity contribution in [2.75, 3.05) is 7.11 Å². The maximum absolute atomic E-state index is 10.9. The first-order valence-corrected chi connectivity index (χ1v) is 3.74. The highest BCUT2D eigenvalue weighted by Gasteiger charge is 2.10. The highest BCUT2D eigenvalue weighted by molar-refractivity contribution is 5.71. The zero-order chi connectivity index (χ0) is 8.97. The number of rotatable bonds is 2. The number of hydrogen-bond donors (Lipinski definition) is 0. The first-order valence-electron chi connectivity index (χ1n) is 3.74. The SMILES string of the molecule is COC(=O)Cc1cccc[n+]1C. The zero-order valence-corrected chi connectivity index (χ0v) is 7.28. The molecule has 0 aliphatic heterocycles. The van der Waals surface area contributed by atoms with Gasteiger partial charge in [-0.3, -0.25) is 4.79 Å². The van der Waals surface area contributed by atoms with E-state index in [2.05, 4.69) is 4.74 Å². The molecule has 0 spiro atoms. The van der Waals surface area contributed by atoms with Crippen LogP contribution in [0.4, 0.5) is 0 Å². The molecule has 1 rings (SSSR count). The normalized spacial score (nSPS) is 9.50. The molecule has 1 aromatic rings. The highest BCUT2D eigenvalue weighted by Crippen LogP contribution is 1.93. The van der Waals surface area contributed by atoms with E-state index >= 15 is 0 Å². The van der Waals surface area contributed by atoms with Crippen LogP contribution in [-0.2, 0) is 23.0 Å². The van der Waals surface area contributed by atoms with Crippen LogP contribution in [0.1, 0.15) is 5.69 Å². The lowest BCUT2D eigenvalue weighted by molar-refractivity contribution is -0.678. The van der Waals surface area contributed by atoms with Crippen molar-refractivity contribution in [3.63, 3.8) is 0 Å². The summed E-state index contributed by atoms with van der Waals surface area (Å²) in [5.41, 5.74) is 0.948. The standard InChI is InChI=1S/C9H12NO2/c1-10-6-4-3-5-8(10)7-9(11)12-2/h3-6H,7H2,1-2H3/q+1. The Morgan fingerprint density at radius 2 is 2.33 bits per heavy atom. The molecular weight excluding hydrogens is 154 g/mol. The van der Waals surface area contributed by atoms with E-state index in [0.717, 1.165) is 5.69 Å². The maximum atomic E-state index is 10.9. The van der Waals surface area contributed by atoms with Gasteiger partial charge in [0.2, 0.25) is 0 Å². The average molecular weight is 166 g/mol. The summed E-state index contributed by atoms with van der Waals surface area (Å²) in [5.74, 6) is -0.211. The molecule has 1 heterocycles. The van der Waals surface area contributed by atoms with Crippen LogP contribution in [0.2, 0.25) is 0 Å². The number of methoxy groups -OCH3 is 1. The lowest BCUT2D eigenvalue weighted by Gasteiger charge is -1.97. The average Bonchev–Trinajstić information content (AvgIpc) is 2.09. The summed E-state index contributed by atoms with van der Waals surface area (Å²) in [6, 6.07) is 5.72. The molecule has 0 radical (unpaired) electrons. The number of ether oxygens (including phenoxy) is 1. The van der Waals surface area contributed by atoms with Crippen LogP contribution in [0.3, 0.4) is 0 Å². The molecule has 0 unspecified atom stereocenters. The number of carbonyl (C=O) groups excluding carboxylic acids is 1. The largest absolute Gasteiger partial charge is 0.469 e. The van der Waals surface area contributed by atoms with Gasteiger partial charge in [-0.25, -0.2) is 4.57 Å². The van der Waals surface area contributed by atoms with E-state index in [1.165, 1.54) is 7.11 Å². The van der Waals surface area contributed by atoms with E-state index in [9.17, 15) is 4.79 Å². The van der Waals surface area contributed by atoms with Crippen molar-refractivity contribution in [2.45, 2.75) is 6.42 Å². The van der Waals surface area contributed by atoms with E-state index < -0.39 is 0 Å². The van der Waals surface area contributed by atoms with Crippen molar-refractivity contribution in [2.24, 2.45) is 7.05 Å². The quantitative estimate of drug-likeness (QED) is 0.465. The predicted octanol–water partition coefficient (Wildman–Crippen LogP) is 0.227. The molecule has 0 amide bonds. The Morgan fingerprint density at radius 1 is 1.58 bits per heavy atom. The van der Waals surface area contributed by atoms with Crippen LogP contribution in [-0.4, -0.2) is 13.1 Å². The second kappa shape index (κ2) is 3.85. The van der Waals surface area contributed by atoms with Crippen molar-refractivity contribution in [3.05, 3.63) is 30.1 Å². The summed E-state index contributed by atoms with van der Waals surface area (Å²) in [5, 5.41) is 0. The van der Waals surface area contributed by atoms with Crippen molar-refractivity contribution in [3.8, 4) is 0 Å². The Hall–Kier alpha value is -1.38. The van der Waals surface area contributed by atoms with E-state index in [-0.39, 0.29) is 5.97 Å². The molecule has 0 fully saturated rings. The first kappa shape index (κ1) is 8.71. The van der Waals surface area contributed by atoms with Crippen molar-refractivity contribution >= 4 is 5.97 Å². The summed E-state index contributed by atoms with van der Waals surface area (Å²) in [7, 11) is 3.30. The minimum atomic E-state index is -0.211. The third kappa shape index (κ3) is 2.05. The summed E-state index contributed by atoms with van der Waals surface area (Å²) in [6.45, 7) is 0. The molecule has 0 atom stereocenters. The van der Waals surface area contributed by atoms with Gasteiger partial charge in [-0.05, 0) is 0 Å². The number of carbonyl (C=O) groups is 1.